The zero-order valence-electron chi connectivity index (χ0n) is 12.5. The first-order valence-electron chi connectivity index (χ1n) is 7.43. The minimum absolute atomic E-state index is 0.0771. The number of amides is 1. The molecule has 1 aliphatic rings. The topological polar surface area (TPSA) is 50.7 Å². The number of nitrogens with one attached hydrogen (secondary N) is 1. The lowest BCUT2D eigenvalue weighted by Gasteiger charge is -2.13. The highest BCUT2D eigenvalue weighted by Gasteiger charge is 2.28. The molecule has 1 N–H and O–H groups in total. The minimum Gasteiger partial charge on any atom is -0.447 e. The van der Waals surface area contributed by atoms with Crippen LogP contribution in [0.2, 0.25) is 0 Å². The van der Waals surface area contributed by atoms with E-state index in [0.717, 1.165) is 6.42 Å². The van der Waals surface area contributed by atoms with Crippen molar-refractivity contribution in [3.8, 4) is 11.1 Å². The number of hydrogen-bond acceptors (Lipinski definition) is 3. The van der Waals surface area contributed by atoms with E-state index >= 15 is 0 Å². The molecule has 1 amide bonds. The number of fused-ring (bicyclic) bond motifs is 3. The number of rotatable bonds is 4. The monoisotopic (exact) mass is 294 g/mol. The molecule has 0 atom stereocenters. The summed E-state index contributed by atoms with van der Waals surface area (Å²) in [5, 5.41) is 3.77. The summed E-state index contributed by atoms with van der Waals surface area (Å²) in [5.41, 5.74) is 7.21. The SMILES string of the molecule is CCC=NNC(=O)OCC1c2ccccc2-c2ccccc21. The summed E-state index contributed by atoms with van der Waals surface area (Å²) < 4.78 is 5.32. The Morgan fingerprint density at radius 1 is 1.14 bits per heavy atom. The van der Waals surface area contributed by atoms with Crippen molar-refractivity contribution in [2.45, 2.75) is 19.3 Å². The van der Waals surface area contributed by atoms with Crippen LogP contribution in [0.15, 0.2) is 53.6 Å². The van der Waals surface area contributed by atoms with Gasteiger partial charge in [-0.15, -0.1) is 0 Å². The zero-order valence-corrected chi connectivity index (χ0v) is 12.5. The van der Waals surface area contributed by atoms with Gasteiger partial charge in [0.1, 0.15) is 6.61 Å². The number of carbonyl (C=O) groups excluding carboxylic acids is 1. The van der Waals surface area contributed by atoms with Gasteiger partial charge in [0.2, 0.25) is 0 Å². The molecule has 1 aliphatic carbocycles. The number of hydrogen-bond donors (Lipinski definition) is 1. The van der Waals surface area contributed by atoms with Crippen LogP contribution in [0.25, 0.3) is 11.1 Å². The molecule has 2 aromatic rings. The Labute approximate surface area is 129 Å². The lowest BCUT2D eigenvalue weighted by molar-refractivity contribution is 0.143. The summed E-state index contributed by atoms with van der Waals surface area (Å²) in [7, 11) is 0. The molecule has 4 nitrogen and oxygen atoms in total. The van der Waals surface area contributed by atoms with Gasteiger partial charge in [-0.25, -0.2) is 10.2 Å². The van der Waals surface area contributed by atoms with Crippen LogP contribution in [0.1, 0.15) is 30.4 Å². The molecular weight excluding hydrogens is 276 g/mol. The zero-order chi connectivity index (χ0) is 15.4. The van der Waals surface area contributed by atoms with E-state index in [1.165, 1.54) is 22.3 Å². The van der Waals surface area contributed by atoms with E-state index in [1.807, 2.05) is 31.2 Å². The first-order valence-corrected chi connectivity index (χ1v) is 7.43. The van der Waals surface area contributed by atoms with Gasteiger partial charge in [0.25, 0.3) is 0 Å². The maximum Gasteiger partial charge on any atom is 0.427 e. The third-order valence-corrected chi connectivity index (χ3v) is 3.77. The van der Waals surface area contributed by atoms with Crippen molar-refractivity contribution in [3.63, 3.8) is 0 Å². The van der Waals surface area contributed by atoms with Crippen LogP contribution in [0.3, 0.4) is 0 Å². The van der Waals surface area contributed by atoms with Gasteiger partial charge in [-0.3, -0.25) is 0 Å². The quantitative estimate of drug-likeness (QED) is 0.686. The molecule has 3 rings (SSSR count). The van der Waals surface area contributed by atoms with Crippen LogP contribution in [-0.4, -0.2) is 18.9 Å². The van der Waals surface area contributed by atoms with E-state index < -0.39 is 6.09 Å². The first-order chi connectivity index (χ1) is 10.8. The Bertz CT molecular complexity index is 664. The Hall–Kier alpha value is -2.62. The van der Waals surface area contributed by atoms with Crippen LogP contribution in [0.5, 0.6) is 0 Å². The van der Waals surface area contributed by atoms with Gasteiger partial charge in [-0.1, -0.05) is 55.5 Å². The summed E-state index contributed by atoms with van der Waals surface area (Å²) >= 11 is 0. The fourth-order valence-electron chi connectivity index (χ4n) is 2.82. The van der Waals surface area contributed by atoms with Gasteiger partial charge in [0, 0.05) is 12.1 Å². The van der Waals surface area contributed by atoms with E-state index in [4.69, 9.17) is 4.74 Å². The van der Waals surface area contributed by atoms with E-state index in [2.05, 4.69) is 34.8 Å². The molecule has 22 heavy (non-hydrogen) atoms. The second-order valence-electron chi connectivity index (χ2n) is 5.16. The molecular formula is C18H18N2O2. The third kappa shape index (κ3) is 2.72. The average molecular weight is 294 g/mol. The molecule has 0 fully saturated rings. The van der Waals surface area contributed by atoms with Crippen LogP contribution < -0.4 is 5.43 Å². The van der Waals surface area contributed by atoms with Crippen molar-refractivity contribution >= 4 is 12.3 Å². The Morgan fingerprint density at radius 3 is 2.32 bits per heavy atom. The highest BCUT2D eigenvalue weighted by molar-refractivity contribution is 5.79. The van der Waals surface area contributed by atoms with Crippen molar-refractivity contribution in [3.05, 3.63) is 59.7 Å². The molecule has 0 unspecified atom stereocenters. The maximum absolute atomic E-state index is 11.7. The number of carbonyl (C=O) groups is 1. The fraction of sp³-hybridized carbons (Fsp3) is 0.222. The van der Waals surface area contributed by atoms with Crippen LogP contribution >= 0.6 is 0 Å². The molecule has 0 heterocycles. The molecule has 0 saturated heterocycles. The van der Waals surface area contributed by atoms with E-state index in [-0.39, 0.29) is 5.92 Å². The molecule has 0 saturated carbocycles. The van der Waals surface area contributed by atoms with Crippen LogP contribution in [-0.2, 0) is 4.74 Å². The summed E-state index contributed by atoms with van der Waals surface area (Å²) in [6, 6.07) is 16.5. The van der Waals surface area contributed by atoms with Crippen molar-refractivity contribution in [1.29, 1.82) is 0 Å². The molecule has 0 aromatic heterocycles. The Kier molecular flexibility index (Phi) is 4.19. The number of benzene rings is 2. The summed E-state index contributed by atoms with van der Waals surface area (Å²) in [4.78, 5) is 11.7. The number of nitrogens with zero attached hydrogens (tertiary/aromatic N) is 1. The van der Waals surface area contributed by atoms with Gasteiger partial charge in [-0.05, 0) is 28.7 Å². The Morgan fingerprint density at radius 2 is 1.73 bits per heavy atom. The van der Waals surface area contributed by atoms with Gasteiger partial charge < -0.3 is 4.74 Å². The van der Waals surface area contributed by atoms with Gasteiger partial charge in [0.15, 0.2) is 0 Å². The largest absolute Gasteiger partial charge is 0.447 e. The first kappa shape index (κ1) is 14.3. The summed E-state index contributed by atoms with van der Waals surface area (Å²) in [6.07, 6.45) is 1.87. The molecule has 112 valence electrons. The highest BCUT2D eigenvalue weighted by Crippen LogP contribution is 2.44. The minimum atomic E-state index is -0.522. The van der Waals surface area contributed by atoms with E-state index in [9.17, 15) is 4.79 Å². The summed E-state index contributed by atoms with van der Waals surface area (Å²) in [6.45, 7) is 2.25. The van der Waals surface area contributed by atoms with Gasteiger partial charge in [-0.2, -0.15) is 5.10 Å². The van der Waals surface area contributed by atoms with Crippen molar-refractivity contribution in [1.82, 2.24) is 5.43 Å². The molecule has 0 bridgehead atoms. The number of ether oxygens (including phenoxy) is 1. The molecule has 0 spiro atoms. The van der Waals surface area contributed by atoms with E-state index in [0.29, 0.717) is 6.61 Å². The standard InChI is InChI=1S/C18H18N2O2/c1-2-11-19-20-18(21)22-12-17-15-9-5-3-7-13(15)14-8-4-6-10-16(14)17/h3-11,17H,2,12H2,1H3,(H,20,21). The highest BCUT2D eigenvalue weighted by atomic mass is 16.6. The van der Waals surface area contributed by atoms with E-state index in [1.54, 1.807) is 6.21 Å². The smallest absolute Gasteiger partial charge is 0.427 e. The maximum atomic E-state index is 11.7. The third-order valence-electron chi connectivity index (χ3n) is 3.77. The lowest BCUT2D eigenvalue weighted by Crippen LogP contribution is -2.21. The average Bonchev–Trinajstić information content (AvgIpc) is 2.87. The normalized spacial score (nSPS) is 13.0. The predicted molar refractivity (Wildman–Crippen MR) is 87.0 cm³/mol. The molecule has 0 radical (unpaired) electrons. The van der Waals surface area contributed by atoms with Crippen molar-refractivity contribution in [2.75, 3.05) is 6.61 Å². The van der Waals surface area contributed by atoms with Gasteiger partial charge in [0.05, 0.1) is 0 Å². The van der Waals surface area contributed by atoms with Gasteiger partial charge >= 0.3 is 6.09 Å². The second-order valence-corrected chi connectivity index (χ2v) is 5.16. The predicted octanol–water partition coefficient (Wildman–Crippen LogP) is 3.92. The summed E-state index contributed by atoms with van der Waals surface area (Å²) in [5.74, 6) is 0.0771. The number of hydrazone groups is 1. The Balaban J connectivity index is 1.77. The second kappa shape index (κ2) is 6.43. The fourth-order valence-corrected chi connectivity index (χ4v) is 2.82. The van der Waals surface area contributed by atoms with Crippen molar-refractivity contribution in [2.24, 2.45) is 5.10 Å². The van der Waals surface area contributed by atoms with Crippen LogP contribution in [0.4, 0.5) is 4.79 Å². The molecule has 2 aromatic carbocycles. The lowest BCUT2D eigenvalue weighted by atomic mass is 9.98. The van der Waals surface area contributed by atoms with Crippen LogP contribution in [0, 0.1) is 0 Å². The molecule has 4 heteroatoms. The van der Waals surface area contributed by atoms with Crippen molar-refractivity contribution < 1.29 is 9.53 Å². The molecule has 0 aliphatic heterocycles.